The summed E-state index contributed by atoms with van der Waals surface area (Å²) in [5.41, 5.74) is 0.222. The Morgan fingerprint density at radius 1 is 1.08 bits per heavy atom. The lowest BCUT2D eigenvalue weighted by atomic mass is 9.80. The summed E-state index contributed by atoms with van der Waals surface area (Å²) in [5.74, 6) is 1.29. The molecular weight excluding hydrogens is 330 g/mol. The van der Waals surface area contributed by atoms with E-state index in [-0.39, 0.29) is 17.4 Å². The molecule has 0 atom stereocenters. The normalized spacial score (nSPS) is 24.1. The zero-order chi connectivity index (χ0) is 18.2. The zero-order valence-corrected chi connectivity index (χ0v) is 16.2. The number of carbonyl (C=O) groups excluding carboxylic acids is 1. The molecule has 1 aliphatic heterocycles. The van der Waals surface area contributed by atoms with Gasteiger partial charge in [-0.1, -0.05) is 19.3 Å². The van der Waals surface area contributed by atoms with Crippen molar-refractivity contribution in [1.82, 2.24) is 20.9 Å². The van der Waals surface area contributed by atoms with Crippen LogP contribution in [0.2, 0.25) is 0 Å². The Bertz CT molecular complexity index is 480. The molecule has 0 radical (unpaired) electrons. The zero-order valence-electron chi connectivity index (χ0n) is 16.2. The number of hydrogen-bond acceptors (Lipinski definition) is 4. The van der Waals surface area contributed by atoms with Gasteiger partial charge in [0.05, 0.1) is 13.2 Å². The van der Waals surface area contributed by atoms with Crippen molar-refractivity contribution < 1.29 is 9.53 Å². The van der Waals surface area contributed by atoms with Crippen molar-refractivity contribution in [3.63, 3.8) is 0 Å². The lowest BCUT2D eigenvalue weighted by Crippen LogP contribution is -2.60. The van der Waals surface area contributed by atoms with Crippen LogP contribution in [0, 0.1) is 5.92 Å². The Hall–Kier alpha value is -1.34. The van der Waals surface area contributed by atoms with Gasteiger partial charge in [-0.2, -0.15) is 0 Å². The molecule has 0 bridgehead atoms. The van der Waals surface area contributed by atoms with Gasteiger partial charge >= 0.3 is 0 Å². The molecule has 26 heavy (non-hydrogen) atoms. The molecule has 1 heterocycles. The molecule has 3 N–H and O–H groups in total. The van der Waals surface area contributed by atoms with Crippen molar-refractivity contribution in [3.05, 3.63) is 0 Å². The predicted octanol–water partition coefficient (Wildman–Crippen LogP) is 0.713. The topological polar surface area (TPSA) is 78.0 Å². The molecule has 0 unspecified atom stereocenters. The highest BCUT2D eigenvalue weighted by molar-refractivity contribution is 5.81. The van der Waals surface area contributed by atoms with E-state index in [1.54, 1.807) is 7.05 Å². The second kappa shape index (κ2) is 9.55. The maximum absolute atomic E-state index is 11.7. The van der Waals surface area contributed by atoms with E-state index in [2.05, 4.69) is 25.8 Å². The van der Waals surface area contributed by atoms with Crippen molar-refractivity contribution in [2.45, 2.75) is 50.5 Å². The molecule has 3 aliphatic rings. The molecular formula is C19H35N5O2. The lowest BCUT2D eigenvalue weighted by Gasteiger charge is -2.48. The second-order valence-electron chi connectivity index (χ2n) is 7.80. The summed E-state index contributed by atoms with van der Waals surface area (Å²) in [6.07, 6.45) is 8.54. The molecule has 0 spiro atoms. The minimum atomic E-state index is 0.197. The molecule has 3 rings (SSSR count). The van der Waals surface area contributed by atoms with Gasteiger partial charge in [0, 0.05) is 51.2 Å². The molecule has 2 aliphatic carbocycles. The number of morpholine rings is 1. The summed E-state index contributed by atoms with van der Waals surface area (Å²) < 4.78 is 5.56. The molecule has 0 aromatic carbocycles. The number of guanidine groups is 1. The third-order valence-electron chi connectivity index (χ3n) is 5.94. The van der Waals surface area contributed by atoms with Crippen molar-refractivity contribution in [1.29, 1.82) is 0 Å². The molecule has 3 fully saturated rings. The van der Waals surface area contributed by atoms with E-state index < -0.39 is 0 Å². The molecule has 1 saturated heterocycles. The molecule has 0 aromatic rings. The fourth-order valence-electron chi connectivity index (χ4n) is 4.18. The first kappa shape index (κ1) is 19.4. The summed E-state index contributed by atoms with van der Waals surface area (Å²) >= 11 is 0. The monoisotopic (exact) mass is 365 g/mol. The lowest BCUT2D eigenvalue weighted by molar-refractivity contribution is -0.122. The summed E-state index contributed by atoms with van der Waals surface area (Å²) in [6, 6.07) is 0. The van der Waals surface area contributed by atoms with Crippen molar-refractivity contribution in [3.8, 4) is 0 Å². The first-order chi connectivity index (χ1) is 12.7. The average molecular weight is 366 g/mol. The van der Waals surface area contributed by atoms with E-state index in [0.29, 0.717) is 13.1 Å². The summed E-state index contributed by atoms with van der Waals surface area (Å²) in [5, 5.41) is 9.85. The van der Waals surface area contributed by atoms with Gasteiger partial charge in [0.15, 0.2) is 5.96 Å². The first-order valence-corrected chi connectivity index (χ1v) is 10.3. The van der Waals surface area contributed by atoms with Crippen molar-refractivity contribution >= 4 is 11.9 Å². The average Bonchev–Trinajstić information content (AvgIpc) is 3.54. The number of hydrogen-bond donors (Lipinski definition) is 3. The van der Waals surface area contributed by atoms with Crippen LogP contribution in [0.15, 0.2) is 4.99 Å². The molecule has 2 saturated carbocycles. The van der Waals surface area contributed by atoms with Crippen molar-refractivity contribution in [2.24, 2.45) is 10.9 Å². The highest BCUT2D eigenvalue weighted by Gasteiger charge is 2.38. The third-order valence-corrected chi connectivity index (χ3v) is 5.94. The number of nitrogens with one attached hydrogen (secondary N) is 3. The standard InChI is InChI=1S/C19H35N5O2/c1-20-18(22-10-9-21-17(25)16-5-6-16)23-15-19(7-3-2-4-8-19)24-11-13-26-14-12-24/h16H,2-15H2,1H3,(H,21,25)(H2,20,22,23). The number of carbonyl (C=O) groups is 1. The van der Waals surface area contributed by atoms with Gasteiger partial charge in [-0.05, 0) is 25.7 Å². The smallest absolute Gasteiger partial charge is 0.223 e. The highest BCUT2D eigenvalue weighted by Crippen LogP contribution is 2.33. The summed E-state index contributed by atoms with van der Waals surface area (Å²) in [7, 11) is 1.81. The van der Waals surface area contributed by atoms with Crippen LogP contribution >= 0.6 is 0 Å². The van der Waals surface area contributed by atoms with Crippen LogP contribution in [0.3, 0.4) is 0 Å². The van der Waals surface area contributed by atoms with E-state index in [4.69, 9.17) is 4.74 Å². The summed E-state index contributed by atoms with van der Waals surface area (Å²) in [6.45, 7) is 6.00. The van der Waals surface area contributed by atoms with E-state index in [1.807, 2.05) is 0 Å². The Labute approximate surface area is 157 Å². The minimum absolute atomic E-state index is 0.197. The Morgan fingerprint density at radius 2 is 1.77 bits per heavy atom. The van der Waals surface area contributed by atoms with Crippen LogP contribution in [0.4, 0.5) is 0 Å². The van der Waals surface area contributed by atoms with Crippen LogP contribution in [0.25, 0.3) is 0 Å². The summed E-state index contributed by atoms with van der Waals surface area (Å²) in [4.78, 5) is 18.7. The Morgan fingerprint density at radius 3 is 2.42 bits per heavy atom. The Balaban J connectivity index is 1.44. The van der Waals surface area contributed by atoms with Gasteiger partial charge in [-0.3, -0.25) is 14.7 Å². The molecule has 1 amide bonds. The van der Waals surface area contributed by atoms with Gasteiger partial charge < -0.3 is 20.7 Å². The predicted molar refractivity (Wildman–Crippen MR) is 103 cm³/mol. The molecule has 7 nitrogen and oxygen atoms in total. The van der Waals surface area contributed by atoms with Gasteiger partial charge in [-0.25, -0.2) is 0 Å². The number of amides is 1. The van der Waals surface area contributed by atoms with E-state index in [0.717, 1.165) is 51.6 Å². The van der Waals surface area contributed by atoms with E-state index in [1.165, 1.54) is 32.1 Å². The number of aliphatic imine (C=N–C) groups is 1. The van der Waals surface area contributed by atoms with Gasteiger partial charge in [0.1, 0.15) is 0 Å². The maximum Gasteiger partial charge on any atom is 0.223 e. The van der Waals surface area contributed by atoms with Gasteiger partial charge in [-0.15, -0.1) is 0 Å². The van der Waals surface area contributed by atoms with Gasteiger partial charge in [0.2, 0.25) is 5.91 Å². The SMILES string of the molecule is CN=C(NCCNC(=O)C1CC1)NCC1(N2CCOCC2)CCCCC1. The van der Waals surface area contributed by atoms with Crippen LogP contribution in [-0.2, 0) is 9.53 Å². The van der Waals surface area contributed by atoms with Crippen molar-refractivity contribution in [2.75, 3.05) is 53.0 Å². The minimum Gasteiger partial charge on any atom is -0.379 e. The van der Waals surface area contributed by atoms with Gasteiger partial charge in [0.25, 0.3) is 0 Å². The second-order valence-corrected chi connectivity index (χ2v) is 7.80. The molecule has 0 aromatic heterocycles. The Kier molecular flexibility index (Phi) is 7.14. The number of rotatable bonds is 7. The van der Waals surface area contributed by atoms with E-state index in [9.17, 15) is 4.79 Å². The molecule has 148 valence electrons. The van der Waals surface area contributed by atoms with Crippen LogP contribution in [-0.4, -0.2) is 75.3 Å². The number of nitrogens with zero attached hydrogens (tertiary/aromatic N) is 2. The highest BCUT2D eigenvalue weighted by atomic mass is 16.5. The fraction of sp³-hybridized carbons (Fsp3) is 0.895. The maximum atomic E-state index is 11.7. The molecule has 7 heteroatoms. The largest absolute Gasteiger partial charge is 0.379 e. The third kappa shape index (κ3) is 5.33. The first-order valence-electron chi connectivity index (χ1n) is 10.3. The quantitative estimate of drug-likeness (QED) is 0.352. The van der Waals surface area contributed by atoms with Crippen LogP contribution < -0.4 is 16.0 Å². The van der Waals surface area contributed by atoms with E-state index >= 15 is 0 Å². The fourth-order valence-corrected chi connectivity index (χ4v) is 4.18. The number of ether oxygens (including phenoxy) is 1. The van der Waals surface area contributed by atoms with Crippen LogP contribution in [0.5, 0.6) is 0 Å². The van der Waals surface area contributed by atoms with Crippen LogP contribution in [0.1, 0.15) is 44.9 Å².